The molecule has 1 atom stereocenters. The molecule has 1 amide bonds. The number of hydrogen-bond acceptors (Lipinski definition) is 4. The van der Waals surface area contributed by atoms with Crippen LogP contribution in [0.15, 0.2) is 48.7 Å². The molecule has 6 heteroatoms. The van der Waals surface area contributed by atoms with E-state index < -0.39 is 0 Å². The third-order valence-electron chi connectivity index (χ3n) is 4.85. The minimum atomic E-state index is 0. The molecule has 1 aliphatic rings. The summed E-state index contributed by atoms with van der Waals surface area (Å²) in [6.07, 6.45) is 5.28. The van der Waals surface area contributed by atoms with Gasteiger partial charge in [0.25, 0.3) is 0 Å². The Bertz CT molecular complexity index is 704. The molecule has 1 fully saturated rings. The van der Waals surface area contributed by atoms with Crippen molar-refractivity contribution in [1.82, 2.24) is 15.2 Å². The topological polar surface area (TPSA) is 54.5 Å². The first kappa shape index (κ1) is 21.2. The molecule has 1 aliphatic heterocycles. The van der Waals surface area contributed by atoms with Gasteiger partial charge in [-0.1, -0.05) is 18.2 Å². The summed E-state index contributed by atoms with van der Waals surface area (Å²) in [6.45, 7) is 2.54. The van der Waals surface area contributed by atoms with Crippen molar-refractivity contribution in [2.24, 2.45) is 0 Å². The molecule has 2 aromatic rings. The van der Waals surface area contributed by atoms with Crippen molar-refractivity contribution < 1.29 is 9.53 Å². The van der Waals surface area contributed by atoms with E-state index in [-0.39, 0.29) is 24.4 Å². The quantitative estimate of drug-likeness (QED) is 0.824. The molecule has 0 bridgehead atoms. The zero-order valence-corrected chi connectivity index (χ0v) is 16.6. The van der Waals surface area contributed by atoms with E-state index in [1.54, 1.807) is 13.3 Å². The van der Waals surface area contributed by atoms with E-state index in [0.717, 1.165) is 49.4 Å². The van der Waals surface area contributed by atoms with Crippen molar-refractivity contribution in [3.05, 3.63) is 59.9 Å². The highest BCUT2D eigenvalue weighted by atomic mass is 35.5. The zero-order valence-electron chi connectivity index (χ0n) is 15.8. The molecular weight excluding hydrogens is 362 g/mol. The third-order valence-corrected chi connectivity index (χ3v) is 4.85. The van der Waals surface area contributed by atoms with E-state index in [1.807, 2.05) is 47.4 Å². The Balaban J connectivity index is 0.00000261. The Hall–Kier alpha value is -2.11. The number of aromatic nitrogens is 1. The van der Waals surface area contributed by atoms with Crippen LogP contribution in [0.2, 0.25) is 0 Å². The monoisotopic (exact) mass is 389 g/mol. The summed E-state index contributed by atoms with van der Waals surface area (Å²) in [5, 5.41) is 3.43. The van der Waals surface area contributed by atoms with Gasteiger partial charge in [-0.05, 0) is 62.2 Å². The van der Waals surface area contributed by atoms with E-state index in [9.17, 15) is 4.79 Å². The van der Waals surface area contributed by atoms with Crippen LogP contribution in [0.3, 0.4) is 0 Å². The predicted molar refractivity (Wildman–Crippen MR) is 109 cm³/mol. The molecule has 0 spiro atoms. The fourth-order valence-corrected chi connectivity index (χ4v) is 3.46. The van der Waals surface area contributed by atoms with E-state index >= 15 is 0 Å². The number of amides is 1. The van der Waals surface area contributed by atoms with Crippen LogP contribution in [-0.4, -0.2) is 42.0 Å². The first-order chi connectivity index (χ1) is 12.8. The molecule has 1 aromatic heterocycles. The Morgan fingerprint density at radius 2 is 2.11 bits per heavy atom. The van der Waals surface area contributed by atoms with E-state index in [4.69, 9.17) is 4.74 Å². The first-order valence-electron chi connectivity index (χ1n) is 9.29. The fourth-order valence-electron chi connectivity index (χ4n) is 3.46. The van der Waals surface area contributed by atoms with Gasteiger partial charge >= 0.3 is 0 Å². The van der Waals surface area contributed by atoms with Gasteiger partial charge in [0.15, 0.2) is 0 Å². The summed E-state index contributed by atoms with van der Waals surface area (Å²) in [7, 11) is 1.65. The van der Waals surface area contributed by atoms with Gasteiger partial charge < -0.3 is 15.0 Å². The molecule has 5 nitrogen and oxygen atoms in total. The Morgan fingerprint density at radius 3 is 2.89 bits per heavy atom. The van der Waals surface area contributed by atoms with Crippen molar-refractivity contribution in [1.29, 1.82) is 0 Å². The number of nitrogens with zero attached hydrogens (tertiary/aromatic N) is 2. The second-order valence-electron chi connectivity index (χ2n) is 6.71. The number of methoxy groups -OCH3 is 1. The lowest BCUT2D eigenvalue weighted by Gasteiger charge is -2.31. The first-order valence-corrected chi connectivity index (χ1v) is 9.29. The van der Waals surface area contributed by atoms with Crippen LogP contribution in [0.25, 0.3) is 0 Å². The maximum Gasteiger partial charge on any atom is 0.227 e. The highest BCUT2D eigenvalue weighted by Crippen LogP contribution is 2.19. The lowest BCUT2D eigenvalue weighted by Crippen LogP contribution is -2.41. The van der Waals surface area contributed by atoms with Crippen molar-refractivity contribution >= 4 is 18.3 Å². The summed E-state index contributed by atoms with van der Waals surface area (Å²) in [5.74, 6) is 0.932. The highest BCUT2D eigenvalue weighted by Gasteiger charge is 2.25. The number of hydrogen-bond donors (Lipinski definition) is 1. The largest absolute Gasteiger partial charge is 0.497 e. The number of ether oxygens (including phenoxy) is 1. The van der Waals surface area contributed by atoms with Gasteiger partial charge in [0, 0.05) is 12.2 Å². The summed E-state index contributed by atoms with van der Waals surface area (Å²) in [4.78, 5) is 19.6. The van der Waals surface area contributed by atoms with Crippen LogP contribution in [-0.2, 0) is 17.8 Å². The van der Waals surface area contributed by atoms with Crippen LogP contribution in [0.1, 0.15) is 30.5 Å². The van der Waals surface area contributed by atoms with Crippen molar-refractivity contribution in [2.45, 2.75) is 38.3 Å². The lowest BCUT2D eigenvalue weighted by molar-refractivity contribution is -0.133. The molecule has 2 heterocycles. The molecular formula is C21H28ClN3O2. The van der Waals surface area contributed by atoms with Gasteiger partial charge in [-0.2, -0.15) is 0 Å². The van der Waals surface area contributed by atoms with E-state index in [0.29, 0.717) is 13.0 Å². The third kappa shape index (κ3) is 6.22. The van der Waals surface area contributed by atoms with Crippen LogP contribution >= 0.6 is 12.4 Å². The average molecular weight is 390 g/mol. The standard InChI is InChI=1S/C21H27N3O2.ClH/c1-26-20-9-4-6-17(14-20)15-21(25)24(16-18-7-2-3-12-23-18)19-8-5-11-22-13-10-19;/h2-4,6-7,9,12,14,19,22H,5,8,10-11,13,15-16H2,1H3;1H. The van der Waals surface area contributed by atoms with Crippen molar-refractivity contribution in [2.75, 3.05) is 20.2 Å². The molecule has 3 rings (SSSR count). The molecule has 0 saturated carbocycles. The Labute approximate surface area is 167 Å². The fraction of sp³-hybridized carbons (Fsp3) is 0.429. The number of carbonyl (C=O) groups is 1. The summed E-state index contributed by atoms with van der Waals surface area (Å²) in [5.41, 5.74) is 1.91. The molecule has 27 heavy (non-hydrogen) atoms. The van der Waals surface area contributed by atoms with Gasteiger partial charge in [-0.3, -0.25) is 9.78 Å². The minimum Gasteiger partial charge on any atom is -0.497 e. The van der Waals surface area contributed by atoms with E-state index in [1.165, 1.54) is 0 Å². The van der Waals surface area contributed by atoms with Crippen molar-refractivity contribution in [3.63, 3.8) is 0 Å². The van der Waals surface area contributed by atoms with Crippen LogP contribution in [0.4, 0.5) is 0 Å². The number of pyridine rings is 1. The normalized spacial score (nSPS) is 16.7. The number of rotatable bonds is 6. The van der Waals surface area contributed by atoms with Crippen LogP contribution < -0.4 is 10.1 Å². The number of nitrogens with one attached hydrogen (secondary N) is 1. The molecule has 1 N–H and O–H groups in total. The van der Waals surface area contributed by atoms with E-state index in [2.05, 4.69) is 10.3 Å². The van der Waals surface area contributed by atoms with Gasteiger partial charge in [0.05, 0.1) is 25.8 Å². The summed E-state index contributed by atoms with van der Waals surface area (Å²) in [6, 6.07) is 13.9. The maximum atomic E-state index is 13.2. The van der Waals surface area contributed by atoms with Gasteiger partial charge in [0.2, 0.25) is 5.91 Å². The van der Waals surface area contributed by atoms with Crippen molar-refractivity contribution in [3.8, 4) is 5.75 Å². The second-order valence-corrected chi connectivity index (χ2v) is 6.71. The molecule has 1 aromatic carbocycles. The molecule has 0 radical (unpaired) electrons. The SMILES string of the molecule is COc1cccc(CC(=O)N(Cc2ccccn2)C2CCCNCC2)c1.Cl. The molecule has 146 valence electrons. The number of benzene rings is 1. The smallest absolute Gasteiger partial charge is 0.227 e. The minimum absolute atomic E-state index is 0. The highest BCUT2D eigenvalue weighted by molar-refractivity contribution is 5.85. The van der Waals surface area contributed by atoms with Crippen LogP contribution in [0, 0.1) is 0 Å². The number of halogens is 1. The molecule has 0 aliphatic carbocycles. The maximum absolute atomic E-state index is 13.2. The molecule has 1 unspecified atom stereocenters. The Kier molecular flexibility index (Phi) is 8.55. The average Bonchev–Trinajstić information content (AvgIpc) is 2.96. The van der Waals surface area contributed by atoms with Gasteiger partial charge in [-0.25, -0.2) is 0 Å². The predicted octanol–water partition coefficient (Wildman–Crippen LogP) is 3.23. The lowest BCUT2D eigenvalue weighted by atomic mass is 10.0. The van der Waals surface area contributed by atoms with Gasteiger partial charge in [0.1, 0.15) is 5.75 Å². The number of carbonyl (C=O) groups excluding carboxylic acids is 1. The summed E-state index contributed by atoms with van der Waals surface area (Å²) < 4.78 is 5.28. The summed E-state index contributed by atoms with van der Waals surface area (Å²) >= 11 is 0. The molecule has 1 saturated heterocycles. The van der Waals surface area contributed by atoms with Gasteiger partial charge in [-0.15, -0.1) is 12.4 Å². The zero-order chi connectivity index (χ0) is 18.2. The van der Waals surface area contributed by atoms with Crippen LogP contribution in [0.5, 0.6) is 5.75 Å². The second kappa shape index (κ2) is 10.9. The Morgan fingerprint density at radius 1 is 1.22 bits per heavy atom.